The van der Waals surface area contributed by atoms with E-state index in [0.717, 1.165) is 52.9 Å². The molecule has 43 heavy (non-hydrogen) atoms. The third-order valence-electron chi connectivity index (χ3n) is 8.84. The third-order valence-corrected chi connectivity index (χ3v) is 8.84. The molecule has 0 bridgehead atoms. The largest absolute Gasteiger partial charge is 0.508 e. The molecule has 2 saturated heterocycles. The Morgan fingerprint density at radius 3 is 2.77 bits per heavy atom. The van der Waals surface area contributed by atoms with E-state index in [4.69, 9.17) is 21.3 Å². The summed E-state index contributed by atoms with van der Waals surface area (Å²) in [6.45, 7) is 14.4. The van der Waals surface area contributed by atoms with E-state index in [1.807, 2.05) is 18.2 Å². The number of amides is 1. The second kappa shape index (κ2) is 12.1. The summed E-state index contributed by atoms with van der Waals surface area (Å²) in [6.07, 6.45) is 2.85. The summed E-state index contributed by atoms with van der Waals surface area (Å²) in [7, 11) is 2.10. The molecule has 0 aliphatic carbocycles. The number of ether oxygens (including phenoxy) is 1. The number of carbonyl (C=O) groups excluding carboxylic acids is 1. The molecule has 2 aromatic carbocycles. The lowest BCUT2D eigenvalue weighted by atomic mass is 10.0. The Hall–Kier alpha value is -4.43. The molecule has 0 radical (unpaired) electrons. The van der Waals surface area contributed by atoms with E-state index in [2.05, 4.69) is 39.2 Å². The Morgan fingerprint density at radius 2 is 2.00 bits per heavy atom. The maximum absolute atomic E-state index is 13.8. The van der Waals surface area contributed by atoms with Gasteiger partial charge in [0.15, 0.2) is 5.83 Å². The SMILES string of the molecule is [C-]#[N+]C[C@H]1CN(c2nc(OC[C@@H]3CCCN3C)nc3c2CCN(c2cc(O)cc4ccccc24)C3)CCN1C(=O)C(=C)F. The summed E-state index contributed by atoms with van der Waals surface area (Å²) in [6, 6.07) is 11.7. The molecule has 224 valence electrons. The number of hydrogen-bond donors (Lipinski definition) is 1. The minimum atomic E-state index is -1.02. The van der Waals surface area contributed by atoms with Crippen molar-refractivity contribution in [2.24, 2.45) is 0 Å². The van der Waals surface area contributed by atoms with Crippen LogP contribution in [0.25, 0.3) is 15.6 Å². The van der Waals surface area contributed by atoms with E-state index in [-0.39, 0.29) is 18.8 Å². The van der Waals surface area contributed by atoms with Gasteiger partial charge in [-0.15, -0.1) is 0 Å². The Labute approximate surface area is 250 Å². The highest BCUT2D eigenvalue weighted by Crippen LogP contribution is 2.37. The van der Waals surface area contributed by atoms with Crippen LogP contribution in [0.15, 0.2) is 48.8 Å². The number of nitrogens with zero attached hydrogens (tertiary/aromatic N) is 7. The summed E-state index contributed by atoms with van der Waals surface area (Å²) in [5.74, 6) is -0.838. The molecule has 1 N–H and O–H groups in total. The van der Waals surface area contributed by atoms with Gasteiger partial charge < -0.3 is 34.3 Å². The number of hydrogen-bond acceptors (Lipinski definition) is 8. The molecular weight excluding hydrogens is 549 g/mol. The van der Waals surface area contributed by atoms with Gasteiger partial charge in [0.2, 0.25) is 6.54 Å². The van der Waals surface area contributed by atoms with Crippen molar-refractivity contribution in [3.63, 3.8) is 0 Å². The van der Waals surface area contributed by atoms with Gasteiger partial charge in [0, 0.05) is 54.9 Å². The number of likely N-dealkylation sites (N-methyl/N-ethyl adjacent to an activating group) is 1. The van der Waals surface area contributed by atoms with Crippen LogP contribution < -0.4 is 14.5 Å². The molecule has 2 fully saturated rings. The average molecular weight is 586 g/mol. The maximum Gasteiger partial charge on any atom is 0.318 e. The number of rotatable bonds is 7. The predicted molar refractivity (Wildman–Crippen MR) is 163 cm³/mol. The fourth-order valence-electron chi connectivity index (χ4n) is 6.55. The van der Waals surface area contributed by atoms with E-state index in [1.54, 1.807) is 12.1 Å². The molecule has 4 heterocycles. The zero-order valence-electron chi connectivity index (χ0n) is 24.4. The van der Waals surface area contributed by atoms with E-state index in [1.165, 1.54) is 4.90 Å². The molecular formula is C32H36FN7O3. The van der Waals surface area contributed by atoms with Crippen molar-refractivity contribution in [2.45, 2.75) is 37.9 Å². The van der Waals surface area contributed by atoms with Crippen molar-refractivity contribution >= 4 is 28.2 Å². The first-order chi connectivity index (χ1) is 20.8. The smallest absolute Gasteiger partial charge is 0.318 e. The summed E-state index contributed by atoms with van der Waals surface area (Å²) in [5.41, 5.74) is 2.78. The van der Waals surface area contributed by atoms with Crippen LogP contribution in [0.4, 0.5) is 15.9 Å². The molecule has 10 nitrogen and oxygen atoms in total. The summed E-state index contributed by atoms with van der Waals surface area (Å²) >= 11 is 0. The number of fused-ring (bicyclic) bond motifs is 2. The van der Waals surface area contributed by atoms with Crippen LogP contribution in [0, 0.1) is 6.57 Å². The van der Waals surface area contributed by atoms with E-state index in [0.29, 0.717) is 51.3 Å². The van der Waals surface area contributed by atoms with E-state index >= 15 is 0 Å². The van der Waals surface area contributed by atoms with Gasteiger partial charge in [-0.1, -0.05) is 30.8 Å². The second-order valence-electron chi connectivity index (χ2n) is 11.5. The normalized spacial score (nSPS) is 20.6. The lowest BCUT2D eigenvalue weighted by Crippen LogP contribution is -2.57. The maximum atomic E-state index is 13.8. The minimum absolute atomic E-state index is 0.0541. The van der Waals surface area contributed by atoms with Crippen LogP contribution >= 0.6 is 0 Å². The minimum Gasteiger partial charge on any atom is -0.508 e. The number of anilines is 2. The van der Waals surface area contributed by atoms with Gasteiger partial charge in [0.05, 0.1) is 12.2 Å². The standard InChI is InChI=1S/C32H36FN7O3/c1-21(33)31(42)40-14-13-39(18-24(40)17-34-2)30-27-10-12-38(29-16-25(41)15-22-7-4-5-9-26(22)29)19-28(27)35-32(36-30)43-20-23-8-6-11-37(23)3/h4-5,7,9,15-16,23-24,41H,1,6,8,10-14,17-20H2,3H3/t23-,24-/m0/s1. The number of carbonyl (C=O) groups is 1. The highest BCUT2D eigenvalue weighted by Gasteiger charge is 2.36. The molecule has 3 aliphatic heterocycles. The summed E-state index contributed by atoms with van der Waals surface area (Å²) in [5, 5.41) is 12.5. The number of halogens is 1. The number of benzene rings is 2. The number of piperazine rings is 1. The molecule has 0 saturated carbocycles. The second-order valence-corrected chi connectivity index (χ2v) is 11.5. The average Bonchev–Trinajstić information content (AvgIpc) is 3.42. The van der Waals surface area contributed by atoms with Gasteiger partial charge in [0.1, 0.15) is 24.2 Å². The first-order valence-corrected chi connectivity index (χ1v) is 14.8. The van der Waals surface area contributed by atoms with Gasteiger partial charge in [-0.2, -0.15) is 9.97 Å². The van der Waals surface area contributed by atoms with Crippen molar-refractivity contribution in [1.82, 2.24) is 19.8 Å². The molecule has 11 heteroatoms. The number of phenols is 1. The zero-order chi connectivity index (χ0) is 30.1. The molecule has 0 unspecified atom stereocenters. The molecule has 3 aliphatic rings. The highest BCUT2D eigenvalue weighted by atomic mass is 19.1. The van der Waals surface area contributed by atoms with Gasteiger partial charge in [-0.25, -0.2) is 11.0 Å². The number of aromatic hydroxyl groups is 1. The predicted octanol–water partition coefficient (Wildman–Crippen LogP) is 3.79. The highest BCUT2D eigenvalue weighted by molar-refractivity contribution is 5.95. The van der Waals surface area contributed by atoms with Crippen LogP contribution in [0.2, 0.25) is 0 Å². The van der Waals surface area contributed by atoms with Crippen LogP contribution in [0.3, 0.4) is 0 Å². The lowest BCUT2D eigenvalue weighted by molar-refractivity contribution is -0.131. The Balaban J connectivity index is 1.34. The number of likely N-dealkylation sites (tertiary alicyclic amines) is 1. The van der Waals surface area contributed by atoms with Gasteiger partial charge in [0.25, 0.3) is 5.91 Å². The molecule has 3 aromatic rings. The van der Waals surface area contributed by atoms with Crippen molar-refractivity contribution in [1.29, 1.82) is 0 Å². The number of phenolic OH excluding ortho intramolecular Hbond substituents is 1. The van der Waals surface area contributed by atoms with E-state index < -0.39 is 17.8 Å². The van der Waals surface area contributed by atoms with Gasteiger partial charge >= 0.3 is 6.01 Å². The fourth-order valence-corrected chi connectivity index (χ4v) is 6.55. The summed E-state index contributed by atoms with van der Waals surface area (Å²) < 4.78 is 20.0. The summed E-state index contributed by atoms with van der Waals surface area (Å²) in [4.78, 5) is 33.8. The van der Waals surface area contributed by atoms with Crippen molar-refractivity contribution in [3.05, 3.63) is 71.5 Å². The topological polar surface area (TPSA) is 89.6 Å². The molecule has 0 spiro atoms. The molecule has 1 aromatic heterocycles. The van der Waals surface area contributed by atoms with Crippen molar-refractivity contribution in [2.75, 3.05) is 62.7 Å². The quantitative estimate of drug-likeness (QED) is 0.331. The van der Waals surface area contributed by atoms with Crippen molar-refractivity contribution < 1.29 is 19.0 Å². The van der Waals surface area contributed by atoms with E-state index in [9.17, 15) is 14.3 Å². The van der Waals surface area contributed by atoms with Gasteiger partial charge in [-0.3, -0.25) is 4.79 Å². The first-order valence-electron chi connectivity index (χ1n) is 14.8. The Morgan fingerprint density at radius 1 is 1.16 bits per heavy atom. The zero-order valence-corrected chi connectivity index (χ0v) is 24.4. The number of aromatic nitrogens is 2. The van der Waals surface area contributed by atoms with Crippen LogP contribution in [-0.2, 0) is 17.8 Å². The Kier molecular flexibility index (Phi) is 8.04. The molecule has 2 atom stereocenters. The van der Waals surface area contributed by atoms with Crippen LogP contribution in [0.1, 0.15) is 24.1 Å². The molecule has 1 amide bonds. The molecule has 6 rings (SSSR count). The van der Waals surface area contributed by atoms with Crippen LogP contribution in [-0.4, -0.2) is 95.8 Å². The third kappa shape index (κ3) is 5.79. The van der Waals surface area contributed by atoms with Gasteiger partial charge in [-0.05, 0) is 44.3 Å². The fraction of sp³-hybridized carbons (Fsp3) is 0.438. The lowest BCUT2D eigenvalue weighted by Gasteiger charge is -2.41. The van der Waals surface area contributed by atoms with Crippen LogP contribution in [0.5, 0.6) is 11.8 Å². The monoisotopic (exact) mass is 585 g/mol. The Bertz CT molecular complexity index is 1590. The first kappa shape index (κ1) is 28.7. The van der Waals surface area contributed by atoms with Crippen molar-refractivity contribution in [3.8, 4) is 11.8 Å².